The standard InChI is InChI=1S/C22H26N4OS/c1-5-25(6-2)21(27)20(18-13-8-7-9-14-18)28-22-24-23-17(4)26(22)19-15-11-10-12-16(19)3/h7-15,20H,5-6H2,1-4H3. The fourth-order valence-corrected chi connectivity index (χ4v) is 4.38. The number of carbonyl (C=O) groups excluding carboxylic acids is 1. The molecule has 6 heteroatoms. The molecule has 0 bridgehead atoms. The summed E-state index contributed by atoms with van der Waals surface area (Å²) in [6.45, 7) is 9.39. The number of thioether (sulfide) groups is 1. The molecule has 2 aromatic carbocycles. The zero-order valence-electron chi connectivity index (χ0n) is 16.8. The Labute approximate surface area is 170 Å². The first kappa shape index (κ1) is 20.1. The van der Waals surface area contributed by atoms with Crippen LogP contribution in [-0.4, -0.2) is 38.7 Å². The van der Waals surface area contributed by atoms with E-state index < -0.39 is 0 Å². The molecule has 0 saturated heterocycles. The van der Waals surface area contributed by atoms with Gasteiger partial charge in [-0.2, -0.15) is 0 Å². The van der Waals surface area contributed by atoms with E-state index in [1.54, 1.807) is 0 Å². The molecule has 1 atom stereocenters. The van der Waals surface area contributed by atoms with E-state index in [-0.39, 0.29) is 11.2 Å². The van der Waals surface area contributed by atoms with Crippen molar-refractivity contribution < 1.29 is 4.79 Å². The predicted octanol–water partition coefficient (Wildman–Crippen LogP) is 4.59. The number of nitrogens with zero attached hydrogens (tertiary/aromatic N) is 4. The highest BCUT2D eigenvalue weighted by molar-refractivity contribution is 8.00. The summed E-state index contributed by atoms with van der Waals surface area (Å²) >= 11 is 1.46. The van der Waals surface area contributed by atoms with Crippen molar-refractivity contribution in [2.75, 3.05) is 13.1 Å². The molecule has 28 heavy (non-hydrogen) atoms. The maximum Gasteiger partial charge on any atom is 0.240 e. The molecule has 1 aromatic heterocycles. The van der Waals surface area contributed by atoms with Crippen LogP contribution in [0.5, 0.6) is 0 Å². The minimum atomic E-state index is -0.368. The topological polar surface area (TPSA) is 51.0 Å². The molecule has 0 saturated carbocycles. The van der Waals surface area contributed by atoms with Gasteiger partial charge in [-0.15, -0.1) is 10.2 Å². The number of hydrogen-bond acceptors (Lipinski definition) is 4. The third-order valence-electron chi connectivity index (χ3n) is 4.78. The molecular formula is C22H26N4OS. The van der Waals surface area contributed by atoms with E-state index in [4.69, 9.17) is 0 Å². The lowest BCUT2D eigenvalue weighted by molar-refractivity contribution is -0.130. The van der Waals surface area contributed by atoms with Gasteiger partial charge in [0, 0.05) is 13.1 Å². The maximum absolute atomic E-state index is 13.3. The van der Waals surface area contributed by atoms with Gasteiger partial charge in [-0.25, -0.2) is 0 Å². The van der Waals surface area contributed by atoms with Gasteiger partial charge in [0.05, 0.1) is 5.69 Å². The van der Waals surface area contributed by atoms with Gasteiger partial charge in [0.1, 0.15) is 11.1 Å². The molecule has 1 heterocycles. The van der Waals surface area contributed by atoms with Gasteiger partial charge in [-0.05, 0) is 44.9 Å². The van der Waals surface area contributed by atoms with E-state index in [1.807, 2.05) is 72.7 Å². The predicted molar refractivity (Wildman–Crippen MR) is 114 cm³/mol. The van der Waals surface area contributed by atoms with Gasteiger partial charge >= 0.3 is 0 Å². The third kappa shape index (κ3) is 4.12. The number of amides is 1. The highest BCUT2D eigenvalue weighted by Crippen LogP contribution is 2.37. The van der Waals surface area contributed by atoms with Crippen molar-refractivity contribution in [1.29, 1.82) is 0 Å². The van der Waals surface area contributed by atoms with Crippen LogP contribution in [0.3, 0.4) is 0 Å². The molecule has 146 valence electrons. The molecule has 0 aliphatic rings. The highest BCUT2D eigenvalue weighted by Gasteiger charge is 2.28. The monoisotopic (exact) mass is 394 g/mol. The molecule has 1 amide bonds. The van der Waals surface area contributed by atoms with Crippen LogP contribution in [0.15, 0.2) is 59.8 Å². The zero-order valence-corrected chi connectivity index (χ0v) is 17.6. The number of aryl methyl sites for hydroxylation is 2. The third-order valence-corrected chi connectivity index (χ3v) is 5.96. The van der Waals surface area contributed by atoms with Gasteiger partial charge in [-0.3, -0.25) is 9.36 Å². The molecule has 0 N–H and O–H groups in total. The van der Waals surface area contributed by atoms with E-state index >= 15 is 0 Å². The van der Waals surface area contributed by atoms with Gasteiger partial charge in [0.15, 0.2) is 5.16 Å². The van der Waals surface area contributed by atoms with Gasteiger partial charge in [-0.1, -0.05) is 60.3 Å². The average molecular weight is 395 g/mol. The lowest BCUT2D eigenvalue weighted by atomic mass is 10.1. The molecule has 0 aliphatic carbocycles. The summed E-state index contributed by atoms with van der Waals surface area (Å²) < 4.78 is 2.03. The minimum Gasteiger partial charge on any atom is -0.342 e. The normalized spacial score (nSPS) is 12.0. The number of aromatic nitrogens is 3. The SMILES string of the molecule is CCN(CC)C(=O)C(Sc1nnc(C)n1-c1ccccc1C)c1ccccc1. The molecule has 0 fully saturated rings. The Bertz CT molecular complexity index is 935. The summed E-state index contributed by atoms with van der Waals surface area (Å²) in [6.07, 6.45) is 0. The molecule has 3 rings (SSSR count). The summed E-state index contributed by atoms with van der Waals surface area (Å²) in [6, 6.07) is 18.0. The van der Waals surface area contributed by atoms with Crippen molar-refractivity contribution in [2.45, 2.75) is 38.1 Å². The molecule has 0 aliphatic heterocycles. The van der Waals surface area contributed by atoms with Crippen LogP contribution in [-0.2, 0) is 4.79 Å². The van der Waals surface area contributed by atoms with Crippen molar-refractivity contribution in [2.24, 2.45) is 0 Å². The van der Waals surface area contributed by atoms with E-state index in [1.165, 1.54) is 11.8 Å². The molecule has 3 aromatic rings. The van der Waals surface area contributed by atoms with Gasteiger partial charge in [0.2, 0.25) is 5.91 Å². The summed E-state index contributed by atoms with van der Waals surface area (Å²) in [5, 5.41) is 9.04. The Morgan fingerprint density at radius 2 is 1.64 bits per heavy atom. The first-order valence-corrected chi connectivity index (χ1v) is 10.4. The van der Waals surface area contributed by atoms with Crippen molar-refractivity contribution >= 4 is 17.7 Å². The molecular weight excluding hydrogens is 368 g/mol. The Balaban J connectivity index is 2.03. The second-order valence-electron chi connectivity index (χ2n) is 6.57. The summed E-state index contributed by atoms with van der Waals surface area (Å²) in [5.74, 6) is 0.900. The number of rotatable bonds is 7. The van der Waals surface area contributed by atoms with Gasteiger partial charge < -0.3 is 4.90 Å². The maximum atomic E-state index is 13.3. The number of likely N-dealkylation sites (N-methyl/N-ethyl adjacent to an activating group) is 1. The van der Waals surface area contributed by atoms with Crippen molar-refractivity contribution in [1.82, 2.24) is 19.7 Å². The van der Waals surface area contributed by atoms with Crippen molar-refractivity contribution in [3.8, 4) is 5.69 Å². The summed E-state index contributed by atoms with van der Waals surface area (Å²) in [7, 11) is 0. The second-order valence-corrected chi connectivity index (χ2v) is 7.64. The van der Waals surface area contributed by atoms with E-state index in [0.717, 1.165) is 27.8 Å². The number of carbonyl (C=O) groups is 1. The molecule has 0 radical (unpaired) electrons. The highest BCUT2D eigenvalue weighted by atomic mass is 32.2. The minimum absolute atomic E-state index is 0.0955. The first-order valence-electron chi connectivity index (χ1n) is 9.55. The summed E-state index contributed by atoms with van der Waals surface area (Å²) in [4.78, 5) is 15.1. The van der Waals surface area contributed by atoms with Crippen LogP contribution in [0.25, 0.3) is 5.69 Å². The van der Waals surface area contributed by atoms with Crippen LogP contribution in [0.2, 0.25) is 0 Å². The lowest BCUT2D eigenvalue weighted by Gasteiger charge is -2.25. The first-order chi connectivity index (χ1) is 13.6. The Morgan fingerprint density at radius 1 is 1.00 bits per heavy atom. The van der Waals surface area contributed by atoms with Crippen LogP contribution >= 0.6 is 11.8 Å². The van der Waals surface area contributed by atoms with Crippen LogP contribution in [0.1, 0.15) is 36.0 Å². The lowest BCUT2D eigenvalue weighted by Crippen LogP contribution is -2.34. The Kier molecular flexibility index (Phi) is 6.52. The van der Waals surface area contributed by atoms with Crippen molar-refractivity contribution in [3.05, 3.63) is 71.5 Å². The summed E-state index contributed by atoms with van der Waals surface area (Å²) in [5.41, 5.74) is 3.15. The number of hydrogen-bond donors (Lipinski definition) is 0. The fourth-order valence-electron chi connectivity index (χ4n) is 3.21. The second kappa shape index (κ2) is 9.06. The molecule has 0 spiro atoms. The smallest absolute Gasteiger partial charge is 0.240 e. The number of benzene rings is 2. The van der Waals surface area contributed by atoms with Crippen LogP contribution in [0, 0.1) is 13.8 Å². The largest absolute Gasteiger partial charge is 0.342 e. The molecule has 5 nitrogen and oxygen atoms in total. The Morgan fingerprint density at radius 3 is 2.29 bits per heavy atom. The van der Waals surface area contributed by atoms with Gasteiger partial charge in [0.25, 0.3) is 0 Å². The quantitative estimate of drug-likeness (QED) is 0.550. The van der Waals surface area contributed by atoms with Crippen LogP contribution in [0.4, 0.5) is 0 Å². The van der Waals surface area contributed by atoms with E-state index in [2.05, 4.69) is 29.3 Å². The van der Waals surface area contributed by atoms with Crippen LogP contribution < -0.4 is 0 Å². The zero-order chi connectivity index (χ0) is 20.1. The Hall–Kier alpha value is -2.60. The average Bonchev–Trinajstić information content (AvgIpc) is 3.08. The van der Waals surface area contributed by atoms with Crippen molar-refractivity contribution in [3.63, 3.8) is 0 Å². The number of para-hydroxylation sites is 1. The molecule has 1 unspecified atom stereocenters. The fraction of sp³-hybridized carbons (Fsp3) is 0.318. The van der Waals surface area contributed by atoms with E-state index in [9.17, 15) is 4.79 Å². The van der Waals surface area contributed by atoms with E-state index in [0.29, 0.717) is 13.1 Å².